The van der Waals surface area contributed by atoms with Crippen LogP contribution >= 0.6 is 15.9 Å². The zero-order chi connectivity index (χ0) is 11.2. The Morgan fingerprint density at radius 1 is 1.25 bits per heavy atom. The van der Waals surface area contributed by atoms with Crippen LogP contribution in [0.1, 0.15) is 19.3 Å². The second-order valence-electron chi connectivity index (χ2n) is 4.05. The van der Waals surface area contributed by atoms with Crippen LogP contribution in [-0.2, 0) is 0 Å². The zero-order valence-electron chi connectivity index (χ0n) is 9.36. The van der Waals surface area contributed by atoms with E-state index < -0.39 is 0 Å². The number of halogens is 1. The smallest absolute Gasteiger partial charge is 0.214 e. The molecule has 2 rings (SSSR count). The van der Waals surface area contributed by atoms with E-state index in [4.69, 9.17) is 4.74 Å². The number of piperidine rings is 1. The first-order valence-electron chi connectivity index (χ1n) is 5.82. The number of aromatic nitrogens is 1. The molecular formula is C12H17BrN2O. The monoisotopic (exact) mass is 284 g/mol. The van der Waals surface area contributed by atoms with Gasteiger partial charge in [0.25, 0.3) is 0 Å². The lowest BCUT2D eigenvalue weighted by Crippen LogP contribution is -2.33. The summed E-state index contributed by atoms with van der Waals surface area (Å²) in [5, 5.41) is 0. The third kappa shape index (κ3) is 3.76. The first kappa shape index (κ1) is 11.9. The van der Waals surface area contributed by atoms with Crippen molar-refractivity contribution in [3.05, 3.63) is 22.8 Å². The average Bonchev–Trinajstić information content (AvgIpc) is 2.30. The van der Waals surface area contributed by atoms with Crippen LogP contribution in [0.25, 0.3) is 0 Å². The fourth-order valence-corrected chi connectivity index (χ4v) is 2.26. The molecule has 0 amide bonds. The molecule has 0 radical (unpaired) electrons. The van der Waals surface area contributed by atoms with Gasteiger partial charge in [-0.1, -0.05) is 12.5 Å². The van der Waals surface area contributed by atoms with Gasteiger partial charge in [0.2, 0.25) is 5.88 Å². The highest BCUT2D eigenvalue weighted by Crippen LogP contribution is 2.12. The van der Waals surface area contributed by atoms with Crippen molar-refractivity contribution in [3.8, 4) is 5.88 Å². The highest BCUT2D eigenvalue weighted by Gasteiger charge is 2.09. The van der Waals surface area contributed by atoms with E-state index >= 15 is 0 Å². The summed E-state index contributed by atoms with van der Waals surface area (Å²) in [6, 6.07) is 5.73. The van der Waals surface area contributed by atoms with Crippen molar-refractivity contribution in [2.45, 2.75) is 19.3 Å². The number of nitrogens with zero attached hydrogens (tertiary/aromatic N) is 2. The summed E-state index contributed by atoms with van der Waals surface area (Å²) < 4.78 is 6.43. The van der Waals surface area contributed by atoms with Gasteiger partial charge in [0.1, 0.15) is 11.2 Å². The Morgan fingerprint density at radius 3 is 2.81 bits per heavy atom. The summed E-state index contributed by atoms with van der Waals surface area (Å²) >= 11 is 3.33. The van der Waals surface area contributed by atoms with E-state index in [0.717, 1.165) is 17.8 Å². The molecule has 1 aliphatic rings. The normalized spacial score (nSPS) is 17.3. The van der Waals surface area contributed by atoms with Gasteiger partial charge in [-0.05, 0) is 47.9 Å². The standard InChI is InChI=1S/C12H17BrN2O/c13-11-5-4-6-12(14-11)16-10-9-15-7-2-1-3-8-15/h4-6H,1-3,7-10H2. The maximum Gasteiger partial charge on any atom is 0.214 e. The Kier molecular flexibility index (Phi) is 4.60. The Bertz CT molecular complexity index is 327. The van der Waals surface area contributed by atoms with E-state index in [9.17, 15) is 0 Å². The van der Waals surface area contributed by atoms with Crippen LogP contribution in [0.2, 0.25) is 0 Å². The molecule has 2 heterocycles. The Balaban J connectivity index is 1.71. The van der Waals surface area contributed by atoms with Crippen LogP contribution < -0.4 is 4.74 Å². The number of rotatable bonds is 4. The molecule has 0 spiro atoms. The third-order valence-corrected chi connectivity index (χ3v) is 3.24. The maximum absolute atomic E-state index is 5.61. The number of pyridine rings is 1. The van der Waals surface area contributed by atoms with Crippen LogP contribution in [-0.4, -0.2) is 36.1 Å². The fourth-order valence-electron chi connectivity index (χ4n) is 1.93. The molecule has 88 valence electrons. The fraction of sp³-hybridized carbons (Fsp3) is 0.583. The predicted molar refractivity (Wildman–Crippen MR) is 67.7 cm³/mol. The van der Waals surface area contributed by atoms with Crippen LogP contribution in [0, 0.1) is 0 Å². The predicted octanol–water partition coefficient (Wildman–Crippen LogP) is 2.71. The van der Waals surface area contributed by atoms with Crippen LogP contribution in [0.5, 0.6) is 5.88 Å². The second kappa shape index (κ2) is 6.21. The number of ether oxygens (including phenoxy) is 1. The average molecular weight is 285 g/mol. The Hall–Kier alpha value is -0.610. The summed E-state index contributed by atoms with van der Waals surface area (Å²) in [6.07, 6.45) is 4.04. The summed E-state index contributed by atoms with van der Waals surface area (Å²) in [4.78, 5) is 6.69. The molecular weight excluding hydrogens is 268 g/mol. The van der Waals surface area contributed by atoms with Gasteiger partial charge in [-0.2, -0.15) is 0 Å². The number of hydrogen-bond donors (Lipinski definition) is 0. The molecule has 0 N–H and O–H groups in total. The van der Waals surface area contributed by atoms with Crippen molar-refractivity contribution in [1.82, 2.24) is 9.88 Å². The van der Waals surface area contributed by atoms with Crippen molar-refractivity contribution in [1.29, 1.82) is 0 Å². The van der Waals surface area contributed by atoms with Crippen molar-refractivity contribution < 1.29 is 4.74 Å². The molecule has 1 aromatic heterocycles. The van der Waals surface area contributed by atoms with Crippen molar-refractivity contribution in [3.63, 3.8) is 0 Å². The molecule has 3 nitrogen and oxygen atoms in total. The van der Waals surface area contributed by atoms with Gasteiger partial charge < -0.3 is 4.74 Å². The molecule has 0 aliphatic carbocycles. The molecule has 1 aliphatic heterocycles. The van der Waals surface area contributed by atoms with Crippen LogP contribution in [0.4, 0.5) is 0 Å². The summed E-state index contributed by atoms with van der Waals surface area (Å²) in [5.41, 5.74) is 0. The summed E-state index contributed by atoms with van der Waals surface area (Å²) in [7, 11) is 0. The van der Waals surface area contributed by atoms with E-state index in [2.05, 4.69) is 25.8 Å². The lowest BCUT2D eigenvalue weighted by Gasteiger charge is -2.25. The molecule has 0 saturated carbocycles. The quantitative estimate of drug-likeness (QED) is 0.795. The number of hydrogen-bond acceptors (Lipinski definition) is 3. The Morgan fingerprint density at radius 2 is 2.06 bits per heavy atom. The molecule has 4 heteroatoms. The topological polar surface area (TPSA) is 25.4 Å². The van der Waals surface area contributed by atoms with Gasteiger partial charge in [-0.25, -0.2) is 4.98 Å². The van der Waals surface area contributed by atoms with Crippen LogP contribution in [0.15, 0.2) is 22.8 Å². The van der Waals surface area contributed by atoms with E-state index in [1.165, 1.54) is 32.4 Å². The molecule has 1 aromatic rings. The van der Waals surface area contributed by atoms with Gasteiger partial charge in [0, 0.05) is 12.6 Å². The van der Waals surface area contributed by atoms with Crippen molar-refractivity contribution in [2.24, 2.45) is 0 Å². The van der Waals surface area contributed by atoms with Crippen molar-refractivity contribution in [2.75, 3.05) is 26.2 Å². The zero-order valence-corrected chi connectivity index (χ0v) is 10.9. The van der Waals surface area contributed by atoms with E-state index in [0.29, 0.717) is 5.88 Å². The van der Waals surface area contributed by atoms with E-state index in [-0.39, 0.29) is 0 Å². The Labute approximate surface area is 105 Å². The molecule has 0 atom stereocenters. The van der Waals surface area contributed by atoms with Gasteiger partial charge in [0.15, 0.2) is 0 Å². The summed E-state index contributed by atoms with van der Waals surface area (Å²) in [5.74, 6) is 0.700. The van der Waals surface area contributed by atoms with Crippen molar-refractivity contribution >= 4 is 15.9 Å². The number of likely N-dealkylation sites (tertiary alicyclic amines) is 1. The minimum absolute atomic E-state index is 0.700. The van der Waals surface area contributed by atoms with Gasteiger partial charge >= 0.3 is 0 Å². The highest BCUT2D eigenvalue weighted by atomic mass is 79.9. The molecule has 0 bridgehead atoms. The third-order valence-electron chi connectivity index (χ3n) is 2.80. The lowest BCUT2D eigenvalue weighted by atomic mass is 10.1. The van der Waals surface area contributed by atoms with E-state index in [1.54, 1.807) is 0 Å². The molecule has 16 heavy (non-hydrogen) atoms. The van der Waals surface area contributed by atoms with Gasteiger partial charge in [-0.3, -0.25) is 4.90 Å². The second-order valence-corrected chi connectivity index (χ2v) is 4.86. The molecule has 0 unspecified atom stereocenters. The minimum Gasteiger partial charge on any atom is -0.476 e. The molecule has 0 aromatic carbocycles. The van der Waals surface area contributed by atoms with E-state index in [1.807, 2.05) is 18.2 Å². The largest absolute Gasteiger partial charge is 0.476 e. The first-order chi connectivity index (χ1) is 7.84. The molecule has 1 saturated heterocycles. The SMILES string of the molecule is Brc1cccc(OCCN2CCCCC2)n1. The van der Waals surface area contributed by atoms with Gasteiger partial charge in [-0.15, -0.1) is 0 Å². The molecule has 1 fully saturated rings. The van der Waals surface area contributed by atoms with Gasteiger partial charge in [0.05, 0.1) is 0 Å². The first-order valence-corrected chi connectivity index (χ1v) is 6.61. The highest BCUT2D eigenvalue weighted by molar-refractivity contribution is 9.10. The van der Waals surface area contributed by atoms with Crippen LogP contribution in [0.3, 0.4) is 0 Å². The summed E-state index contributed by atoms with van der Waals surface area (Å²) in [6.45, 7) is 4.17. The maximum atomic E-state index is 5.61. The lowest BCUT2D eigenvalue weighted by molar-refractivity contribution is 0.180. The minimum atomic E-state index is 0.700.